The molecule has 0 aromatic rings. The molecule has 0 rings (SSSR count). The van der Waals surface area contributed by atoms with Gasteiger partial charge < -0.3 is 0 Å². The summed E-state index contributed by atoms with van der Waals surface area (Å²) in [5, 5.41) is 0. The maximum Gasteiger partial charge on any atom is 0.295 e. The zero-order valence-electron chi connectivity index (χ0n) is 4.30. The highest BCUT2D eigenvalue weighted by Gasteiger charge is 2.09. The fourth-order valence-corrected chi connectivity index (χ4v) is 2.17. The summed E-state index contributed by atoms with van der Waals surface area (Å²) in [5.74, 6) is -0.270. The maximum atomic E-state index is 9.88. The minimum Gasteiger partial charge on any atom is -0.197 e. The maximum absolute atomic E-state index is 9.88. The fraction of sp³-hybridized carbons (Fsp3) is 1.00. The highest BCUT2D eigenvalue weighted by atomic mass is 127. The molecule has 0 N–H and O–H groups in total. The normalized spacial score (nSPS) is 15.9. The Balaban J connectivity index is 3.75. The predicted octanol–water partition coefficient (Wildman–Crippen LogP) is 0.570. The second-order valence-electron chi connectivity index (χ2n) is 1.51. The number of alkyl halides is 1. The van der Waals surface area contributed by atoms with Crippen LogP contribution >= 0.6 is 22.6 Å². The Kier molecular flexibility index (Phi) is 3.21. The zero-order valence-corrected chi connectivity index (χ0v) is 7.27. The summed E-state index contributed by atoms with van der Waals surface area (Å²) in [6.45, 7) is 1.68. The molecule has 0 aromatic carbocycles. The van der Waals surface area contributed by atoms with Crippen molar-refractivity contribution in [3.63, 3.8) is 0 Å². The van der Waals surface area contributed by atoms with Gasteiger partial charge >= 0.3 is 0 Å². The molecule has 0 amide bonds. The van der Waals surface area contributed by atoms with Crippen molar-refractivity contribution in [2.45, 2.75) is 10.8 Å². The number of rotatable bonds is 2. The van der Waals surface area contributed by atoms with Crippen LogP contribution in [0.4, 0.5) is 0 Å². The van der Waals surface area contributed by atoms with Gasteiger partial charge in [0.05, 0.1) is 5.75 Å². The van der Waals surface area contributed by atoms with Gasteiger partial charge in [-0.3, -0.25) is 0 Å². The smallest absolute Gasteiger partial charge is 0.197 e. The Morgan fingerprint density at radius 1 is 1.62 bits per heavy atom. The van der Waals surface area contributed by atoms with Crippen molar-refractivity contribution < 1.29 is 13.0 Å². The molecule has 0 saturated heterocycles. The zero-order chi connectivity index (χ0) is 6.78. The fourth-order valence-electron chi connectivity index (χ4n) is 0.281. The molecule has 0 fully saturated rings. The molecular formula is C3H6IO3S. The number of halogens is 1. The summed E-state index contributed by atoms with van der Waals surface area (Å²) >= 11 is 1.89. The first-order valence-corrected chi connectivity index (χ1v) is 4.82. The van der Waals surface area contributed by atoms with Crippen molar-refractivity contribution in [1.82, 2.24) is 0 Å². The molecule has 0 aliphatic heterocycles. The first kappa shape index (κ1) is 8.64. The highest BCUT2D eigenvalue weighted by molar-refractivity contribution is 14.1. The molecule has 0 spiro atoms. The largest absolute Gasteiger partial charge is 0.295 e. The van der Waals surface area contributed by atoms with Gasteiger partial charge in [0.2, 0.25) is 0 Å². The van der Waals surface area contributed by atoms with Gasteiger partial charge in [0.15, 0.2) is 0 Å². The Morgan fingerprint density at radius 3 is 2.00 bits per heavy atom. The minimum absolute atomic E-state index is 0.0879. The van der Waals surface area contributed by atoms with Crippen molar-refractivity contribution in [3.8, 4) is 0 Å². The molecule has 1 radical (unpaired) electrons. The van der Waals surface area contributed by atoms with Crippen molar-refractivity contribution in [2.75, 3.05) is 5.75 Å². The Bertz CT molecular complexity index is 148. The van der Waals surface area contributed by atoms with E-state index in [0.717, 1.165) is 0 Å². The molecule has 5 heteroatoms. The Labute approximate surface area is 62.4 Å². The molecule has 0 heterocycles. The monoisotopic (exact) mass is 249 g/mol. The minimum atomic E-state index is -3.98. The van der Waals surface area contributed by atoms with Crippen LogP contribution in [0.3, 0.4) is 0 Å². The van der Waals surface area contributed by atoms with Gasteiger partial charge in [0.1, 0.15) is 0 Å². The SMILES string of the molecule is CC(I)CS([O])(=O)=O. The summed E-state index contributed by atoms with van der Waals surface area (Å²) in [6.07, 6.45) is 0. The van der Waals surface area contributed by atoms with Crippen LogP contribution in [-0.4, -0.2) is 18.1 Å². The average Bonchev–Trinajstić information content (AvgIpc) is 1.21. The Hall–Kier alpha value is 0.640. The second kappa shape index (κ2) is 2.98. The quantitative estimate of drug-likeness (QED) is 0.530. The Morgan fingerprint density at radius 2 is 2.00 bits per heavy atom. The summed E-state index contributed by atoms with van der Waals surface area (Å²) in [5.41, 5.74) is 0. The van der Waals surface area contributed by atoms with Gasteiger partial charge in [-0.15, -0.1) is 0 Å². The summed E-state index contributed by atoms with van der Waals surface area (Å²) in [6, 6.07) is 0. The van der Waals surface area contributed by atoms with Gasteiger partial charge in [-0.25, -0.2) is 0 Å². The lowest BCUT2D eigenvalue weighted by molar-refractivity contribution is 0.414. The predicted molar refractivity (Wildman–Crippen MR) is 38.0 cm³/mol. The van der Waals surface area contributed by atoms with Crippen LogP contribution in [0.25, 0.3) is 0 Å². The number of hydrogen-bond donors (Lipinski definition) is 0. The first-order chi connectivity index (χ1) is 3.42. The molecule has 3 nitrogen and oxygen atoms in total. The van der Waals surface area contributed by atoms with Crippen LogP contribution in [0.15, 0.2) is 0 Å². The van der Waals surface area contributed by atoms with Crippen molar-refractivity contribution in [3.05, 3.63) is 0 Å². The van der Waals surface area contributed by atoms with E-state index in [1.54, 1.807) is 6.92 Å². The molecule has 0 aromatic heterocycles. The average molecular weight is 249 g/mol. The van der Waals surface area contributed by atoms with Gasteiger partial charge in [-0.05, 0) is 0 Å². The molecule has 0 bridgehead atoms. The third kappa shape index (κ3) is 6.64. The van der Waals surface area contributed by atoms with E-state index in [1.165, 1.54) is 0 Å². The lowest BCUT2D eigenvalue weighted by atomic mass is 10.6. The summed E-state index contributed by atoms with van der Waals surface area (Å²) < 4.78 is 29.6. The summed E-state index contributed by atoms with van der Waals surface area (Å²) in [4.78, 5) is 0. The van der Waals surface area contributed by atoms with E-state index in [0.29, 0.717) is 0 Å². The molecule has 0 saturated carbocycles. The first-order valence-electron chi connectivity index (χ1n) is 1.99. The lowest BCUT2D eigenvalue weighted by Gasteiger charge is -1.93. The van der Waals surface area contributed by atoms with Crippen LogP contribution in [0, 0.1) is 0 Å². The second-order valence-corrected chi connectivity index (χ2v) is 5.08. The third-order valence-corrected chi connectivity index (χ3v) is 2.38. The molecule has 0 aliphatic rings. The summed E-state index contributed by atoms with van der Waals surface area (Å²) in [7, 11) is -3.98. The van der Waals surface area contributed by atoms with Crippen molar-refractivity contribution >= 4 is 32.7 Å². The standard InChI is InChI=1S/C3H6IO3S/c1-3(4)2-8(5,6)7/h3H,2H2,1H3. The molecule has 0 aliphatic carbocycles. The lowest BCUT2D eigenvalue weighted by Crippen LogP contribution is -2.09. The van der Waals surface area contributed by atoms with Crippen LogP contribution in [0.2, 0.25) is 0 Å². The van der Waals surface area contributed by atoms with Crippen LogP contribution in [0.5, 0.6) is 0 Å². The van der Waals surface area contributed by atoms with E-state index in [9.17, 15) is 13.0 Å². The van der Waals surface area contributed by atoms with Crippen LogP contribution < -0.4 is 0 Å². The van der Waals surface area contributed by atoms with Gasteiger partial charge in [-0.1, -0.05) is 34.1 Å². The molecule has 8 heavy (non-hydrogen) atoms. The van der Waals surface area contributed by atoms with Crippen molar-refractivity contribution in [2.24, 2.45) is 0 Å². The topological polar surface area (TPSA) is 54.0 Å². The van der Waals surface area contributed by atoms with Crippen LogP contribution in [-0.2, 0) is 14.7 Å². The van der Waals surface area contributed by atoms with E-state index >= 15 is 0 Å². The van der Waals surface area contributed by atoms with E-state index in [2.05, 4.69) is 0 Å². The van der Waals surface area contributed by atoms with Crippen molar-refractivity contribution in [1.29, 1.82) is 0 Å². The van der Waals surface area contributed by atoms with Gasteiger partial charge in [-0.2, -0.15) is 8.42 Å². The van der Waals surface area contributed by atoms with Gasteiger partial charge in [0.25, 0.3) is 10.1 Å². The molecule has 1 unspecified atom stereocenters. The third-order valence-electron chi connectivity index (χ3n) is 0.434. The number of hydrogen-bond acceptors (Lipinski definition) is 2. The molecule has 49 valence electrons. The van der Waals surface area contributed by atoms with E-state index in [4.69, 9.17) is 0 Å². The molecule has 1 atom stereocenters. The van der Waals surface area contributed by atoms with E-state index in [-0.39, 0.29) is 9.68 Å². The molecular weight excluding hydrogens is 243 g/mol. The van der Waals surface area contributed by atoms with E-state index < -0.39 is 10.1 Å². The van der Waals surface area contributed by atoms with Crippen LogP contribution in [0.1, 0.15) is 6.92 Å². The highest BCUT2D eigenvalue weighted by Crippen LogP contribution is 2.00. The van der Waals surface area contributed by atoms with Gasteiger partial charge in [0, 0.05) is 3.92 Å². The van der Waals surface area contributed by atoms with E-state index in [1.807, 2.05) is 22.6 Å².